The SMILES string of the molecule is CCCCc1ncc(C=c2sc(=C(C#N)C(=O)NCC)n(CC)c2=O)[nH]1. The molecule has 7 nitrogen and oxygen atoms in total. The third-order valence-corrected chi connectivity index (χ3v) is 4.95. The molecule has 0 aliphatic heterocycles. The number of aryl methyl sites for hydroxylation is 1. The first kappa shape index (κ1) is 19.7. The molecule has 2 heterocycles. The van der Waals surface area contributed by atoms with Gasteiger partial charge in [0, 0.05) is 19.5 Å². The molecule has 8 heteroatoms. The largest absolute Gasteiger partial charge is 0.352 e. The van der Waals surface area contributed by atoms with Gasteiger partial charge in [0.1, 0.15) is 16.6 Å². The molecule has 0 aliphatic rings. The van der Waals surface area contributed by atoms with Crippen molar-refractivity contribution in [1.82, 2.24) is 19.9 Å². The number of unbranched alkanes of at least 4 members (excludes halogenated alkanes) is 1. The van der Waals surface area contributed by atoms with Gasteiger partial charge in [-0.15, -0.1) is 11.3 Å². The van der Waals surface area contributed by atoms with Crippen molar-refractivity contribution >= 4 is 28.9 Å². The van der Waals surface area contributed by atoms with Crippen LogP contribution in [0.5, 0.6) is 0 Å². The van der Waals surface area contributed by atoms with E-state index in [-0.39, 0.29) is 11.1 Å². The number of hydrogen-bond donors (Lipinski definition) is 2. The second kappa shape index (κ2) is 9.15. The molecule has 0 saturated carbocycles. The number of H-pyrrole nitrogens is 1. The molecule has 2 rings (SSSR count). The van der Waals surface area contributed by atoms with Gasteiger partial charge >= 0.3 is 0 Å². The number of nitrogens with one attached hydrogen (secondary N) is 2. The fourth-order valence-corrected chi connectivity index (χ4v) is 3.66. The third kappa shape index (κ3) is 4.29. The van der Waals surface area contributed by atoms with Gasteiger partial charge in [-0.1, -0.05) is 13.3 Å². The summed E-state index contributed by atoms with van der Waals surface area (Å²) in [7, 11) is 0. The molecule has 2 aromatic heterocycles. The molecule has 0 bridgehead atoms. The Balaban J connectivity index is 2.57. The lowest BCUT2D eigenvalue weighted by Crippen LogP contribution is -2.34. The minimum absolute atomic E-state index is 0.0382. The van der Waals surface area contributed by atoms with E-state index in [0.717, 1.165) is 42.1 Å². The topological polar surface area (TPSA) is 104 Å². The highest BCUT2D eigenvalue weighted by Gasteiger charge is 2.14. The van der Waals surface area contributed by atoms with E-state index in [4.69, 9.17) is 0 Å². The van der Waals surface area contributed by atoms with Crippen molar-refractivity contribution < 1.29 is 4.79 Å². The van der Waals surface area contributed by atoms with Crippen LogP contribution in [-0.2, 0) is 17.8 Å². The van der Waals surface area contributed by atoms with Gasteiger partial charge in [-0.3, -0.25) is 14.2 Å². The summed E-state index contributed by atoms with van der Waals surface area (Å²) < 4.78 is 2.30. The summed E-state index contributed by atoms with van der Waals surface area (Å²) in [4.78, 5) is 32.3. The first-order valence-corrected chi connectivity index (χ1v) is 9.55. The number of hydrogen-bond acceptors (Lipinski definition) is 5. The quantitative estimate of drug-likeness (QED) is 0.743. The number of aromatic nitrogens is 3. The molecule has 0 aliphatic carbocycles. The Hall–Kier alpha value is -2.66. The molecule has 0 radical (unpaired) electrons. The van der Waals surface area contributed by atoms with Crippen molar-refractivity contribution in [1.29, 1.82) is 5.26 Å². The van der Waals surface area contributed by atoms with E-state index in [1.807, 2.05) is 13.0 Å². The lowest BCUT2D eigenvalue weighted by atomic mass is 10.2. The molecule has 26 heavy (non-hydrogen) atoms. The van der Waals surface area contributed by atoms with Crippen molar-refractivity contribution in [3.63, 3.8) is 0 Å². The van der Waals surface area contributed by atoms with Gasteiger partial charge in [-0.05, 0) is 26.3 Å². The first-order chi connectivity index (χ1) is 12.5. The standard InChI is InChI=1S/C18H23N5O2S/c1-4-7-8-15-21-11-12(22-15)9-14-17(25)23(6-3)18(26-14)13(10-19)16(24)20-5-2/h9,11H,4-8H2,1-3H3,(H,20,24)(H,21,22). The van der Waals surface area contributed by atoms with Gasteiger partial charge in [-0.2, -0.15) is 5.26 Å². The fourth-order valence-electron chi connectivity index (χ4n) is 2.50. The number of rotatable bonds is 7. The molecule has 0 spiro atoms. The number of carbonyl (C=O) groups is 1. The average Bonchev–Trinajstić information content (AvgIpc) is 3.19. The van der Waals surface area contributed by atoms with Crippen LogP contribution in [0.25, 0.3) is 11.6 Å². The highest BCUT2D eigenvalue weighted by molar-refractivity contribution is 7.07. The van der Waals surface area contributed by atoms with E-state index in [1.165, 1.54) is 4.57 Å². The van der Waals surface area contributed by atoms with Crippen LogP contribution in [0, 0.1) is 11.3 Å². The van der Waals surface area contributed by atoms with Crippen LogP contribution in [0.2, 0.25) is 0 Å². The summed E-state index contributed by atoms with van der Waals surface area (Å²) >= 11 is 1.15. The highest BCUT2D eigenvalue weighted by atomic mass is 32.1. The molecule has 0 unspecified atom stereocenters. The van der Waals surface area contributed by atoms with Gasteiger partial charge < -0.3 is 10.3 Å². The van der Waals surface area contributed by atoms with Gasteiger partial charge in [0.25, 0.3) is 11.5 Å². The Morgan fingerprint density at radius 3 is 2.85 bits per heavy atom. The normalized spacial score (nSPS) is 12.8. The summed E-state index contributed by atoms with van der Waals surface area (Å²) in [6.45, 7) is 6.51. The van der Waals surface area contributed by atoms with E-state index in [9.17, 15) is 14.9 Å². The number of carbonyl (C=O) groups excluding carboxylic acids is 1. The summed E-state index contributed by atoms with van der Waals surface area (Å²) in [6, 6.07) is 1.93. The predicted octanol–water partition coefficient (Wildman–Crippen LogP) is 0.635. The number of nitrogens with zero attached hydrogens (tertiary/aromatic N) is 3. The first-order valence-electron chi connectivity index (χ1n) is 8.73. The van der Waals surface area contributed by atoms with Crippen LogP contribution in [0.4, 0.5) is 0 Å². The lowest BCUT2D eigenvalue weighted by molar-refractivity contribution is -0.115. The van der Waals surface area contributed by atoms with Crippen molar-refractivity contribution in [3.05, 3.63) is 37.3 Å². The summed E-state index contributed by atoms with van der Waals surface area (Å²) in [5.41, 5.74) is 0.485. The maximum Gasteiger partial charge on any atom is 0.269 e. The Kier molecular flexibility index (Phi) is 6.92. The van der Waals surface area contributed by atoms with Gasteiger partial charge in [-0.25, -0.2) is 4.98 Å². The van der Waals surface area contributed by atoms with Crippen molar-refractivity contribution in [3.8, 4) is 6.07 Å². The Morgan fingerprint density at radius 1 is 1.46 bits per heavy atom. The zero-order valence-electron chi connectivity index (χ0n) is 15.3. The molecule has 0 fully saturated rings. The van der Waals surface area contributed by atoms with Crippen LogP contribution in [0.1, 0.15) is 45.1 Å². The van der Waals surface area contributed by atoms with E-state index in [2.05, 4.69) is 22.2 Å². The smallest absolute Gasteiger partial charge is 0.269 e. The van der Waals surface area contributed by atoms with Crippen LogP contribution >= 0.6 is 11.3 Å². The number of aromatic amines is 1. The molecule has 0 aromatic carbocycles. The van der Waals surface area contributed by atoms with Crippen LogP contribution in [-0.4, -0.2) is 27.0 Å². The fraction of sp³-hybridized carbons (Fsp3) is 0.444. The summed E-state index contributed by atoms with van der Waals surface area (Å²) in [5.74, 6) is 0.422. The van der Waals surface area contributed by atoms with Crippen molar-refractivity contribution in [2.24, 2.45) is 0 Å². The minimum atomic E-state index is -0.464. The van der Waals surface area contributed by atoms with E-state index >= 15 is 0 Å². The van der Waals surface area contributed by atoms with Crippen LogP contribution < -0.4 is 20.1 Å². The van der Waals surface area contributed by atoms with Gasteiger partial charge in [0.15, 0.2) is 5.57 Å². The highest BCUT2D eigenvalue weighted by Crippen LogP contribution is 2.02. The molecule has 2 N–H and O–H groups in total. The lowest BCUT2D eigenvalue weighted by Gasteiger charge is -2.00. The van der Waals surface area contributed by atoms with Crippen molar-refractivity contribution in [2.45, 2.75) is 46.6 Å². The van der Waals surface area contributed by atoms with E-state index in [1.54, 1.807) is 19.2 Å². The molecule has 138 valence electrons. The number of amides is 1. The zero-order valence-corrected chi connectivity index (χ0v) is 16.1. The number of imidazole rings is 1. The molecule has 0 atom stereocenters. The number of nitriles is 1. The maximum atomic E-state index is 12.7. The Bertz CT molecular complexity index is 990. The second-order valence-electron chi connectivity index (χ2n) is 5.70. The molecule has 1 amide bonds. The van der Waals surface area contributed by atoms with Crippen molar-refractivity contribution in [2.75, 3.05) is 6.54 Å². The van der Waals surface area contributed by atoms with Gasteiger partial charge in [0.05, 0.1) is 16.4 Å². The summed E-state index contributed by atoms with van der Waals surface area (Å²) in [6.07, 6.45) is 6.41. The monoisotopic (exact) mass is 373 g/mol. The predicted molar refractivity (Wildman–Crippen MR) is 102 cm³/mol. The molecular weight excluding hydrogens is 350 g/mol. The minimum Gasteiger partial charge on any atom is -0.352 e. The van der Waals surface area contributed by atoms with Gasteiger partial charge in [0.2, 0.25) is 0 Å². The Labute approximate surface area is 155 Å². The van der Waals surface area contributed by atoms with E-state index in [0.29, 0.717) is 22.3 Å². The van der Waals surface area contributed by atoms with Crippen LogP contribution in [0.3, 0.4) is 0 Å². The van der Waals surface area contributed by atoms with E-state index < -0.39 is 5.91 Å². The third-order valence-electron chi connectivity index (χ3n) is 3.82. The molecular formula is C18H23N5O2S. The zero-order chi connectivity index (χ0) is 19.1. The molecule has 2 aromatic rings. The maximum absolute atomic E-state index is 12.7. The number of thiazole rings is 1. The average molecular weight is 373 g/mol. The van der Waals surface area contributed by atoms with Crippen LogP contribution in [0.15, 0.2) is 11.0 Å². The Morgan fingerprint density at radius 2 is 2.23 bits per heavy atom. The summed E-state index contributed by atoms with van der Waals surface area (Å²) in [5, 5.41) is 12.0. The molecule has 0 saturated heterocycles. The second-order valence-corrected chi connectivity index (χ2v) is 6.73.